The first-order chi connectivity index (χ1) is 6.67. The van der Waals surface area contributed by atoms with Crippen LogP contribution in [-0.4, -0.2) is 28.3 Å². The Kier molecular flexibility index (Phi) is 5.06. The van der Waals surface area contributed by atoms with Gasteiger partial charge >= 0.3 is 0 Å². The number of nitrogens with zero attached hydrogens (tertiary/aromatic N) is 2. The van der Waals surface area contributed by atoms with Crippen molar-refractivity contribution in [1.82, 2.24) is 9.88 Å². The van der Waals surface area contributed by atoms with Gasteiger partial charge in [-0.25, -0.2) is 4.98 Å². The quantitative estimate of drug-likeness (QED) is 0.769. The van der Waals surface area contributed by atoms with Gasteiger partial charge in [0.1, 0.15) is 5.01 Å². The van der Waals surface area contributed by atoms with Crippen LogP contribution in [0.15, 0.2) is 0 Å². The normalized spacial score (nSPS) is 11.2. The molecule has 0 aromatic carbocycles. The molecule has 0 atom stereocenters. The largest absolute Gasteiger partial charge is 0.296 e. The standard InChI is InChI=1S/C10H17BrN2S/c1-4-13(6-5-11)7-10-12-8(2)9(3)14-10/h4-7H2,1-3H3. The number of hydrogen-bond acceptors (Lipinski definition) is 3. The lowest BCUT2D eigenvalue weighted by atomic mass is 10.4. The fraction of sp³-hybridized carbons (Fsp3) is 0.700. The van der Waals surface area contributed by atoms with Crippen molar-refractivity contribution in [2.75, 3.05) is 18.4 Å². The Morgan fingerprint density at radius 1 is 1.43 bits per heavy atom. The van der Waals surface area contributed by atoms with E-state index in [2.05, 4.69) is 46.6 Å². The van der Waals surface area contributed by atoms with Gasteiger partial charge in [0.05, 0.1) is 12.2 Å². The van der Waals surface area contributed by atoms with E-state index in [1.807, 2.05) is 11.3 Å². The average molecular weight is 277 g/mol. The molecule has 0 N–H and O–H groups in total. The Morgan fingerprint density at radius 2 is 2.14 bits per heavy atom. The van der Waals surface area contributed by atoms with Gasteiger partial charge in [0.25, 0.3) is 0 Å². The Labute approximate surface area is 98.5 Å². The highest BCUT2D eigenvalue weighted by Crippen LogP contribution is 2.17. The molecule has 1 aromatic rings. The minimum atomic E-state index is 0.988. The third kappa shape index (κ3) is 3.33. The number of rotatable bonds is 5. The van der Waals surface area contributed by atoms with Gasteiger partial charge in [-0.2, -0.15) is 0 Å². The van der Waals surface area contributed by atoms with Crippen LogP contribution in [0.3, 0.4) is 0 Å². The second-order valence-corrected chi connectivity index (χ2v) is 5.39. The zero-order valence-corrected chi connectivity index (χ0v) is 11.4. The molecule has 2 nitrogen and oxygen atoms in total. The average Bonchev–Trinajstić information content (AvgIpc) is 2.45. The SMILES string of the molecule is CCN(CCBr)Cc1nc(C)c(C)s1. The molecule has 0 aliphatic heterocycles. The van der Waals surface area contributed by atoms with Crippen LogP contribution >= 0.6 is 27.3 Å². The molecule has 0 bridgehead atoms. The topological polar surface area (TPSA) is 16.1 Å². The van der Waals surface area contributed by atoms with Crippen LogP contribution in [-0.2, 0) is 6.54 Å². The summed E-state index contributed by atoms with van der Waals surface area (Å²) in [7, 11) is 0. The third-order valence-corrected chi connectivity index (χ3v) is 3.69. The molecule has 0 aliphatic carbocycles. The molecule has 14 heavy (non-hydrogen) atoms. The van der Waals surface area contributed by atoms with Gasteiger partial charge in [-0.3, -0.25) is 4.90 Å². The van der Waals surface area contributed by atoms with Crippen molar-refractivity contribution in [2.24, 2.45) is 0 Å². The highest BCUT2D eigenvalue weighted by molar-refractivity contribution is 9.09. The van der Waals surface area contributed by atoms with Gasteiger partial charge in [-0.05, 0) is 20.4 Å². The molecule has 1 aromatic heterocycles. The Hall–Kier alpha value is 0.0700. The summed E-state index contributed by atoms with van der Waals surface area (Å²) in [5.74, 6) is 0. The highest BCUT2D eigenvalue weighted by Gasteiger charge is 2.07. The first kappa shape index (κ1) is 12.1. The van der Waals surface area contributed by atoms with Gasteiger partial charge < -0.3 is 0 Å². The van der Waals surface area contributed by atoms with Crippen LogP contribution in [0.2, 0.25) is 0 Å². The molecule has 0 saturated carbocycles. The summed E-state index contributed by atoms with van der Waals surface area (Å²) >= 11 is 5.28. The number of thiazole rings is 1. The Morgan fingerprint density at radius 3 is 2.57 bits per heavy atom. The minimum absolute atomic E-state index is 0.988. The van der Waals surface area contributed by atoms with Crippen molar-refractivity contribution in [1.29, 1.82) is 0 Å². The number of halogens is 1. The highest BCUT2D eigenvalue weighted by atomic mass is 79.9. The van der Waals surface area contributed by atoms with Crippen molar-refractivity contribution < 1.29 is 0 Å². The summed E-state index contributed by atoms with van der Waals surface area (Å²) in [6, 6.07) is 0. The molecule has 0 spiro atoms. The maximum Gasteiger partial charge on any atom is 0.107 e. The summed E-state index contributed by atoms with van der Waals surface area (Å²) in [5, 5.41) is 2.27. The van der Waals surface area contributed by atoms with E-state index in [4.69, 9.17) is 0 Å². The molecular formula is C10H17BrN2S. The van der Waals surface area contributed by atoms with Crippen LogP contribution in [0.1, 0.15) is 22.5 Å². The van der Waals surface area contributed by atoms with Crippen molar-refractivity contribution in [3.05, 3.63) is 15.6 Å². The van der Waals surface area contributed by atoms with Gasteiger partial charge in [0, 0.05) is 16.8 Å². The lowest BCUT2D eigenvalue weighted by Crippen LogP contribution is -2.24. The Balaban J connectivity index is 2.57. The van der Waals surface area contributed by atoms with E-state index in [1.54, 1.807) is 0 Å². The Bertz CT molecular complexity index is 266. The van der Waals surface area contributed by atoms with Gasteiger partial charge in [0.2, 0.25) is 0 Å². The van der Waals surface area contributed by atoms with Crippen LogP contribution in [0.25, 0.3) is 0 Å². The molecule has 1 heterocycles. The zero-order chi connectivity index (χ0) is 10.6. The predicted molar refractivity (Wildman–Crippen MR) is 66.3 cm³/mol. The van der Waals surface area contributed by atoms with Crippen LogP contribution in [0.5, 0.6) is 0 Å². The first-order valence-corrected chi connectivity index (χ1v) is 6.82. The third-order valence-electron chi connectivity index (χ3n) is 2.28. The van der Waals surface area contributed by atoms with E-state index in [9.17, 15) is 0 Å². The predicted octanol–water partition coefficient (Wildman–Crippen LogP) is 2.98. The maximum absolute atomic E-state index is 4.54. The lowest BCUT2D eigenvalue weighted by molar-refractivity contribution is 0.298. The summed E-state index contributed by atoms with van der Waals surface area (Å²) in [5.41, 5.74) is 1.18. The van der Waals surface area contributed by atoms with Gasteiger partial charge in [-0.15, -0.1) is 11.3 Å². The van der Waals surface area contributed by atoms with Crippen molar-refractivity contribution in [3.63, 3.8) is 0 Å². The van der Waals surface area contributed by atoms with E-state index < -0.39 is 0 Å². The van der Waals surface area contributed by atoms with E-state index in [1.165, 1.54) is 15.6 Å². The zero-order valence-electron chi connectivity index (χ0n) is 9.01. The first-order valence-electron chi connectivity index (χ1n) is 4.88. The molecule has 1 rings (SSSR count). The summed E-state index contributed by atoms with van der Waals surface area (Å²) in [6.07, 6.45) is 0. The maximum atomic E-state index is 4.54. The molecule has 0 amide bonds. The molecular weight excluding hydrogens is 260 g/mol. The van der Waals surface area contributed by atoms with E-state index >= 15 is 0 Å². The fourth-order valence-electron chi connectivity index (χ4n) is 1.27. The molecule has 0 saturated heterocycles. The van der Waals surface area contributed by atoms with Crippen molar-refractivity contribution in [2.45, 2.75) is 27.3 Å². The van der Waals surface area contributed by atoms with Crippen molar-refractivity contribution >= 4 is 27.3 Å². The lowest BCUT2D eigenvalue weighted by Gasteiger charge is -2.16. The van der Waals surface area contributed by atoms with E-state index in [0.717, 1.165) is 25.0 Å². The van der Waals surface area contributed by atoms with Crippen LogP contribution in [0.4, 0.5) is 0 Å². The number of hydrogen-bond donors (Lipinski definition) is 0. The van der Waals surface area contributed by atoms with Crippen LogP contribution < -0.4 is 0 Å². The number of aryl methyl sites for hydroxylation is 2. The second kappa shape index (κ2) is 5.83. The molecule has 4 heteroatoms. The van der Waals surface area contributed by atoms with Gasteiger partial charge in [-0.1, -0.05) is 22.9 Å². The fourth-order valence-corrected chi connectivity index (χ4v) is 2.74. The number of aromatic nitrogens is 1. The summed E-state index contributed by atoms with van der Waals surface area (Å²) in [4.78, 5) is 8.28. The molecule has 0 radical (unpaired) electrons. The van der Waals surface area contributed by atoms with Gasteiger partial charge in [0.15, 0.2) is 0 Å². The summed E-state index contributed by atoms with van der Waals surface area (Å²) < 4.78 is 0. The van der Waals surface area contributed by atoms with Crippen molar-refractivity contribution in [3.8, 4) is 0 Å². The van der Waals surface area contributed by atoms with E-state index in [0.29, 0.717) is 0 Å². The van der Waals surface area contributed by atoms with E-state index in [-0.39, 0.29) is 0 Å². The summed E-state index contributed by atoms with van der Waals surface area (Å²) in [6.45, 7) is 9.57. The minimum Gasteiger partial charge on any atom is -0.296 e. The molecule has 0 aliphatic rings. The molecule has 80 valence electrons. The molecule has 0 unspecified atom stereocenters. The second-order valence-electron chi connectivity index (χ2n) is 3.31. The monoisotopic (exact) mass is 276 g/mol. The molecule has 0 fully saturated rings. The van der Waals surface area contributed by atoms with Crippen LogP contribution in [0, 0.1) is 13.8 Å². The number of alkyl halides is 1. The smallest absolute Gasteiger partial charge is 0.107 e.